The topological polar surface area (TPSA) is 44.3 Å². The lowest BCUT2D eigenvalue weighted by atomic mass is 10.3. The van der Waals surface area contributed by atoms with Gasteiger partial charge in [-0.1, -0.05) is 6.92 Å². The Balaban J connectivity index is 2.95. The summed E-state index contributed by atoms with van der Waals surface area (Å²) in [7, 11) is 0. The largest absolute Gasteiger partial charge is 0.317 e. The lowest BCUT2D eigenvalue weighted by Crippen LogP contribution is -2.35. The van der Waals surface area contributed by atoms with E-state index in [2.05, 4.69) is 17.7 Å². The first-order valence-electron chi connectivity index (χ1n) is 3.41. The molecule has 1 unspecified atom stereocenters. The summed E-state index contributed by atoms with van der Waals surface area (Å²) >= 11 is 0. The van der Waals surface area contributed by atoms with Gasteiger partial charge in [0.1, 0.15) is 0 Å². The summed E-state index contributed by atoms with van der Waals surface area (Å²) in [5, 5.41) is 11.5. The van der Waals surface area contributed by atoms with Crippen molar-refractivity contribution in [3.05, 3.63) is 0 Å². The van der Waals surface area contributed by atoms with Crippen LogP contribution in [-0.4, -0.2) is 24.3 Å². The van der Waals surface area contributed by atoms with Gasteiger partial charge in [-0.15, -0.1) is 0 Å². The fourth-order valence-corrected chi connectivity index (χ4v) is 0.600. The van der Waals surface area contributed by atoms with Gasteiger partial charge in [-0.3, -0.25) is 0 Å². The first-order valence-corrected chi connectivity index (χ1v) is 3.41. The average Bonchev–Trinajstić information content (AvgIpc) is 1.85. The average molecular weight is 132 g/mol. The molecule has 0 fully saturated rings. The minimum Gasteiger partial charge on any atom is -0.317 e. The zero-order valence-electron chi connectivity index (χ0n) is 6.15. The molecule has 0 aromatic rings. The molecular weight excluding hydrogens is 116 g/mol. The van der Waals surface area contributed by atoms with Gasteiger partial charge in [0.15, 0.2) is 0 Å². The highest BCUT2D eigenvalue weighted by Gasteiger charge is 1.95. The lowest BCUT2D eigenvalue weighted by molar-refractivity contribution is 0.157. The van der Waals surface area contributed by atoms with Crippen LogP contribution in [0.4, 0.5) is 0 Å². The van der Waals surface area contributed by atoms with Crippen molar-refractivity contribution < 1.29 is 5.21 Å². The number of nitrogens with one attached hydrogen (secondary N) is 2. The molecule has 9 heavy (non-hydrogen) atoms. The summed E-state index contributed by atoms with van der Waals surface area (Å²) in [4.78, 5) is 0. The Bertz CT molecular complexity index is 59.0. The van der Waals surface area contributed by atoms with Crippen LogP contribution in [0, 0.1) is 0 Å². The Morgan fingerprint density at radius 3 is 2.67 bits per heavy atom. The van der Waals surface area contributed by atoms with Crippen LogP contribution in [0.1, 0.15) is 20.3 Å². The second kappa shape index (κ2) is 6.01. The molecule has 0 aromatic heterocycles. The van der Waals surface area contributed by atoms with Gasteiger partial charge in [-0.05, 0) is 19.9 Å². The summed E-state index contributed by atoms with van der Waals surface area (Å²) in [6, 6.07) is 0.356. The molecule has 0 amide bonds. The fourth-order valence-electron chi connectivity index (χ4n) is 0.600. The molecule has 0 saturated carbocycles. The van der Waals surface area contributed by atoms with E-state index in [1.807, 2.05) is 6.92 Å². The number of hydrogen-bond acceptors (Lipinski definition) is 3. The van der Waals surface area contributed by atoms with E-state index in [1.54, 1.807) is 0 Å². The van der Waals surface area contributed by atoms with Crippen LogP contribution < -0.4 is 10.8 Å². The molecule has 0 aliphatic carbocycles. The smallest absolute Gasteiger partial charge is 0.0358 e. The third kappa shape index (κ3) is 5.76. The van der Waals surface area contributed by atoms with Crippen molar-refractivity contribution in [1.29, 1.82) is 0 Å². The maximum absolute atomic E-state index is 8.25. The molecular formula is C6H16N2O. The summed E-state index contributed by atoms with van der Waals surface area (Å²) < 4.78 is 0. The van der Waals surface area contributed by atoms with E-state index in [4.69, 9.17) is 5.21 Å². The molecule has 3 N–H and O–H groups in total. The van der Waals surface area contributed by atoms with Gasteiger partial charge in [0.25, 0.3) is 0 Å². The molecule has 0 aromatic carbocycles. The summed E-state index contributed by atoms with van der Waals surface area (Å²) in [6.45, 7) is 5.77. The lowest BCUT2D eigenvalue weighted by Gasteiger charge is -2.10. The normalized spacial score (nSPS) is 13.7. The number of rotatable bonds is 5. The molecule has 3 heteroatoms. The monoisotopic (exact) mass is 132 g/mol. The van der Waals surface area contributed by atoms with Crippen LogP contribution >= 0.6 is 0 Å². The predicted molar refractivity (Wildman–Crippen MR) is 37.5 cm³/mol. The Labute approximate surface area is 56.4 Å². The molecule has 0 heterocycles. The molecule has 0 aliphatic heterocycles. The second-order valence-electron chi connectivity index (χ2n) is 2.22. The number of hydroxylamine groups is 1. The first-order chi connectivity index (χ1) is 4.31. The third-order valence-corrected chi connectivity index (χ3v) is 1.14. The van der Waals surface area contributed by atoms with Crippen molar-refractivity contribution in [2.24, 2.45) is 0 Å². The summed E-state index contributed by atoms with van der Waals surface area (Å²) in [5.41, 5.74) is 2.11. The van der Waals surface area contributed by atoms with Gasteiger partial charge in [-0.25, -0.2) is 5.48 Å². The minimum atomic E-state index is 0.356. The Morgan fingerprint density at radius 2 is 2.22 bits per heavy atom. The van der Waals surface area contributed by atoms with E-state index in [9.17, 15) is 0 Å². The summed E-state index contributed by atoms with van der Waals surface area (Å²) in [5.74, 6) is 0. The number of hydrogen-bond donors (Lipinski definition) is 3. The zero-order valence-corrected chi connectivity index (χ0v) is 6.15. The van der Waals surface area contributed by atoms with E-state index in [1.165, 1.54) is 0 Å². The standard InChI is InChI=1S/C6H16N2O/c1-3-4-7-6(2)5-8-9/h6-9H,3-5H2,1-2H3. The Kier molecular flexibility index (Phi) is 5.93. The Hall–Kier alpha value is -0.120. The van der Waals surface area contributed by atoms with Gasteiger partial charge in [0.2, 0.25) is 0 Å². The molecule has 1 atom stereocenters. The highest BCUT2D eigenvalue weighted by Crippen LogP contribution is 1.78. The van der Waals surface area contributed by atoms with E-state index < -0.39 is 0 Å². The molecule has 0 spiro atoms. The van der Waals surface area contributed by atoms with Gasteiger partial charge in [0.05, 0.1) is 0 Å². The van der Waals surface area contributed by atoms with Crippen LogP contribution in [0.15, 0.2) is 0 Å². The van der Waals surface area contributed by atoms with Crippen LogP contribution in [0.3, 0.4) is 0 Å². The molecule has 0 bridgehead atoms. The maximum Gasteiger partial charge on any atom is 0.0358 e. The van der Waals surface area contributed by atoms with Crippen molar-refractivity contribution in [3.8, 4) is 0 Å². The molecule has 0 saturated heterocycles. The van der Waals surface area contributed by atoms with Crippen LogP contribution in [0.5, 0.6) is 0 Å². The quantitative estimate of drug-likeness (QED) is 0.473. The van der Waals surface area contributed by atoms with Crippen LogP contribution in [0.2, 0.25) is 0 Å². The molecule has 0 rings (SSSR count). The maximum atomic E-state index is 8.25. The first kappa shape index (κ1) is 8.88. The van der Waals surface area contributed by atoms with Crippen molar-refractivity contribution in [1.82, 2.24) is 10.8 Å². The zero-order chi connectivity index (χ0) is 7.11. The van der Waals surface area contributed by atoms with Gasteiger partial charge >= 0.3 is 0 Å². The van der Waals surface area contributed by atoms with E-state index in [-0.39, 0.29) is 0 Å². The van der Waals surface area contributed by atoms with Crippen molar-refractivity contribution in [3.63, 3.8) is 0 Å². The minimum absolute atomic E-state index is 0.356. The summed E-state index contributed by atoms with van der Waals surface area (Å²) in [6.07, 6.45) is 1.13. The van der Waals surface area contributed by atoms with Crippen molar-refractivity contribution in [2.45, 2.75) is 26.3 Å². The molecule has 0 aliphatic rings. The fraction of sp³-hybridized carbons (Fsp3) is 1.00. The predicted octanol–water partition coefficient (Wildman–Crippen LogP) is 0.353. The molecule has 56 valence electrons. The van der Waals surface area contributed by atoms with Gasteiger partial charge < -0.3 is 10.5 Å². The van der Waals surface area contributed by atoms with Gasteiger partial charge in [0, 0.05) is 12.6 Å². The van der Waals surface area contributed by atoms with Crippen molar-refractivity contribution in [2.75, 3.05) is 13.1 Å². The second-order valence-corrected chi connectivity index (χ2v) is 2.22. The van der Waals surface area contributed by atoms with Crippen molar-refractivity contribution >= 4 is 0 Å². The van der Waals surface area contributed by atoms with E-state index in [0.29, 0.717) is 12.6 Å². The third-order valence-electron chi connectivity index (χ3n) is 1.14. The van der Waals surface area contributed by atoms with Crippen LogP contribution in [-0.2, 0) is 0 Å². The highest BCUT2D eigenvalue weighted by atomic mass is 16.5. The highest BCUT2D eigenvalue weighted by molar-refractivity contribution is 4.59. The SMILES string of the molecule is CCCNC(C)CNO. The Morgan fingerprint density at radius 1 is 1.56 bits per heavy atom. The van der Waals surface area contributed by atoms with E-state index >= 15 is 0 Å². The van der Waals surface area contributed by atoms with Gasteiger partial charge in [-0.2, -0.15) is 0 Å². The van der Waals surface area contributed by atoms with E-state index in [0.717, 1.165) is 13.0 Å². The molecule has 3 nitrogen and oxygen atoms in total. The van der Waals surface area contributed by atoms with Crippen LogP contribution in [0.25, 0.3) is 0 Å². The molecule has 0 radical (unpaired) electrons.